The monoisotopic (exact) mass is 370 g/mol. The molecular weight excluding hydrogens is 348 g/mol. The zero-order chi connectivity index (χ0) is 18.4. The molecule has 0 saturated heterocycles. The van der Waals surface area contributed by atoms with E-state index in [1.165, 1.54) is 6.42 Å². The van der Waals surface area contributed by atoms with Gasteiger partial charge >= 0.3 is 0 Å². The molecule has 0 N–H and O–H groups in total. The molecule has 0 aliphatic carbocycles. The third-order valence-electron chi connectivity index (χ3n) is 4.52. The Balaban J connectivity index is 1.87. The Bertz CT molecular complexity index is 770. The van der Waals surface area contributed by atoms with E-state index in [0.717, 1.165) is 43.1 Å². The van der Waals surface area contributed by atoms with E-state index in [0.29, 0.717) is 10.6 Å². The van der Waals surface area contributed by atoms with Crippen LogP contribution in [0.25, 0.3) is 0 Å². The molecule has 0 saturated carbocycles. The molecule has 0 atom stereocenters. The number of anilines is 1. The highest BCUT2D eigenvalue weighted by Gasteiger charge is 2.19. The number of aliphatic imine (C=N–C) groups is 1. The SMILES string of the molecule is COc1ccc(N(CC(=O)c2ccc(Cl)cc2)C2=NCCCCC2)cc1. The van der Waals surface area contributed by atoms with Gasteiger partial charge < -0.3 is 9.64 Å². The Morgan fingerprint density at radius 2 is 1.81 bits per heavy atom. The Morgan fingerprint density at radius 3 is 2.50 bits per heavy atom. The minimum absolute atomic E-state index is 0.0458. The van der Waals surface area contributed by atoms with Gasteiger partial charge in [-0.1, -0.05) is 18.0 Å². The molecule has 4 nitrogen and oxygen atoms in total. The lowest BCUT2D eigenvalue weighted by molar-refractivity contribution is 0.100. The van der Waals surface area contributed by atoms with Gasteiger partial charge in [0.15, 0.2) is 5.78 Å². The van der Waals surface area contributed by atoms with E-state index < -0.39 is 0 Å². The number of ether oxygens (including phenoxy) is 1. The van der Waals surface area contributed by atoms with Crippen LogP contribution in [-0.2, 0) is 0 Å². The summed E-state index contributed by atoms with van der Waals surface area (Å²) in [5.74, 6) is 1.82. The van der Waals surface area contributed by atoms with Gasteiger partial charge in [0.2, 0.25) is 0 Å². The Labute approximate surface area is 159 Å². The molecule has 2 aromatic carbocycles. The molecule has 0 fully saturated rings. The van der Waals surface area contributed by atoms with Gasteiger partial charge in [-0.25, -0.2) is 0 Å². The molecule has 0 unspecified atom stereocenters. The standard InChI is InChI=1S/C21H23ClN2O2/c1-26-19-12-10-18(11-13-19)24(21-5-3-2-4-14-23-21)15-20(25)16-6-8-17(22)9-7-16/h6-13H,2-5,14-15H2,1H3. The van der Waals surface area contributed by atoms with Crippen molar-refractivity contribution in [3.63, 3.8) is 0 Å². The number of ketones is 1. The first-order valence-corrected chi connectivity index (χ1v) is 9.29. The van der Waals surface area contributed by atoms with Crippen molar-refractivity contribution in [3.8, 4) is 5.75 Å². The highest BCUT2D eigenvalue weighted by Crippen LogP contribution is 2.23. The Kier molecular flexibility index (Phi) is 6.29. The summed E-state index contributed by atoms with van der Waals surface area (Å²) in [6.07, 6.45) is 4.26. The summed E-state index contributed by atoms with van der Waals surface area (Å²) in [5.41, 5.74) is 1.61. The highest BCUT2D eigenvalue weighted by molar-refractivity contribution is 6.30. The van der Waals surface area contributed by atoms with E-state index >= 15 is 0 Å². The van der Waals surface area contributed by atoms with Crippen LogP contribution >= 0.6 is 11.6 Å². The average Bonchev–Trinajstić information content (AvgIpc) is 2.96. The molecule has 1 heterocycles. The third-order valence-corrected chi connectivity index (χ3v) is 4.77. The maximum absolute atomic E-state index is 12.8. The lowest BCUT2D eigenvalue weighted by Gasteiger charge is -2.26. The number of Topliss-reactive ketones (excluding diaryl/α,β-unsaturated/α-hetero) is 1. The number of hydrogen-bond donors (Lipinski definition) is 0. The quantitative estimate of drug-likeness (QED) is 0.694. The second kappa shape index (κ2) is 8.86. The molecular formula is C21H23ClN2O2. The van der Waals surface area contributed by atoms with Crippen molar-refractivity contribution < 1.29 is 9.53 Å². The molecule has 3 rings (SSSR count). The fraction of sp³-hybridized carbons (Fsp3) is 0.333. The first-order chi connectivity index (χ1) is 12.7. The zero-order valence-corrected chi connectivity index (χ0v) is 15.7. The second-order valence-electron chi connectivity index (χ2n) is 6.32. The largest absolute Gasteiger partial charge is 0.497 e. The molecule has 0 aromatic heterocycles. The first kappa shape index (κ1) is 18.5. The van der Waals surface area contributed by atoms with Crippen molar-refractivity contribution in [1.29, 1.82) is 0 Å². The number of nitrogens with zero attached hydrogens (tertiary/aromatic N) is 2. The molecule has 0 amide bonds. The highest BCUT2D eigenvalue weighted by atomic mass is 35.5. The number of carbonyl (C=O) groups excluding carboxylic acids is 1. The lowest BCUT2D eigenvalue weighted by atomic mass is 10.1. The number of benzene rings is 2. The Morgan fingerprint density at radius 1 is 1.08 bits per heavy atom. The van der Waals surface area contributed by atoms with Gasteiger partial charge in [-0.15, -0.1) is 0 Å². The molecule has 1 aliphatic heterocycles. The van der Waals surface area contributed by atoms with Crippen LogP contribution in [0.1, 0.15) is 36.0 Å². The third kappa shape index (κ3) is 4.64. The number of hydrogen-bond acceptors (Lipinski definition) is 4. The van der Waals surface area contributed by atoms with Crippen molar-refractivity contribution in [2.75, 3.05) is 25.1 Å². The van der Waals surface area contributed by atoms with E-state index in [1.807, 2.05) is 29.2 Å². The van der Waals surface area contributed by atoms with Crippen LogP contribution in [0.3, 0.4) is 0 Å². The molecule has 136 valence electrons. The van der Waals surface area contributed by atoms with Crippen LogP contribution < -0.4 is 9.64 Å². The maximum Gasteiger partial charge on any atom is 0.182 e. The van der Waals surface area contributed by atoms with Gasteiger partial charge in [0.1, 0.15) is 11.6 Å². The molecule has 1 aliphatic rings. The summed E-state index contributed by atoms with van der Waals surface area (Å²) in [6, 6.07) is 14.8. The summed E-state index contributed by atoms with van der Waals surface area (Å²) in [5, 5.41) is 0.627. The molecule has 26 heavy (non-hydrogen) atoms. The topological polar surface area (TPSA) is 41.9 Å². The molecule has 0 radical (unpaired) electrons. The average molecular weight is 371 g/mol. The summed E-state index contributed by atoms with van der Waals surface area (Å²) >= 11 is 5.93. The van der Waals surface area contributed by atoms with Crippen LogP contribution in [0.4, 0.5) is 5.69 Å². The smallest absolute Gasteiger partial charge is 0.182 e. The predicted octanol–water partition coefficient (Wildman–Crippen LogP) is 5.01. The fourth-order valence-corrected chi connectivity index (χ4v) is 3.17. The van der Waals surface area contributed by atoms with Gasteiger partial charge in [-0.05, 0) is 61.4 Å². The summed E-state index contributed by atoms with van der Waals surface area (Å²) < 4.78 is 5.25. The summed E-state index contributed by atoms with van der Waals surface area (Å²) in [4.78, 5) is 19.6. The van der Waals surface area contributed by atoms with Crippen molar-refractivity contribution in [3.05, 3.63) is 59.1 Å². The van der Waals surface area contributed by atoms with Gasteiger partial charge in [0.05, 0.1) is 13.7 Å². The van der Waals surface area contributed by atoms with Crippen LogP contribution in [0.5, 0.6) is 5.75 Å². The van der Waals surface area contributed by atoms with Crippen LogP contribution in [0.15, 0.2) is 53.5 Å². The zero-order valence-electron chi connectivity index (χ0n) is 15.0. The lowest BCUT2D eigenvalue weighted by Crippen LogP contribution is -2.36. The van der Waals surface area contributed by atoms with Crippen molar-refractivity contribution in [1.82, 2.24) is 0 Å². The summed E-state index contributed by atoms with van der Waals surface area (Å²) in [6.45, 7) is 1.07. The number of methoxy groups -OCH3 is 1. The molecule has 2 aromatic rings. The van der Waals surface area contributed by atoms with Crippen molar-refractivity contribution >= 4 is 28.9 Å². The van der Waals surface area contributed by atoms with E-state index in [-0.39, 0.29) is 12.3 Å². The number of rotatable bonds is 5. The Hall–Kier alpha value is -2.33. The molecule has 0 bridgehead atoms. The normalized spacial score (nSPS) is 14.3. The predicted molar refractivity (Wildman–Crippen MR) is 107 cm³/mol. The second-order valence-corrected chi connectivity index (χ2v) is 6.76. The number of amidine groups is 1. The van der Waals surface area contributed by atoms with Gasteiger partial charge in [-0.3, -0.25) is 9.79 Å². The van der Waals surface area contributed by atoms with Crippen LogP contribution in [0.2, 0.25) is 5.02 Å². The molecule has 5 heteroatoms. The molecule has 0 spiro atoms. The maximum atomic E-state index is 12.8. The van der Waals surface area contributed by atoms with E-state index in [2.05, 4.69) is 0 Å². The number of carbonyl (C=O) groups is 1. The van der Waals surface area contributed by atoms with Crippen LogP contribution in [0, 0.1) is 0 Å². The summed E-state index contributed by atoms with van der Waals surface area (Å²) in [7, 11) is 1.65. The van der Waals surface area contributed by atoms with Gasteiger partial charge in [0, 0.05) is 29.2 Å². The minimum atomic E-state index is 0.0458. The van der Waals surface area contributed by atoms with Crippen molar-refractivity contribution in [2.24, 2.45) is 4.99 Å². The van der Waals surface area contributed by atoms with Gasteiger partial charge in [0.25, 0.3) is 0 Å². The fourth-order valence-electron chi connectivity index (χ4n) is 3.04. The van der Waals surface area contributed by atoms with Gasteiger partial charge in [-0.2, -0.15) is 0 Å². The van der Waals surface area contributed by atoms with E-state index in [1.54, 1.807) is 31.4 Å². The van der Waals surface area contributed by atoms with E-state index in [9.17, 15) is 4.79 Å². The van der Waals surface area contributed by atoms with E-state index in [4.69, 9.17) is 21.3 Å². The first-order valence-electron chi connectivity index (χ1n) is 8.91. The number of halogens is 1. The minimum Gasteiger partial charge on any atom is -0.497 e. The van der Waals surface area contributed by atoms with Crippen molar-refractivity contribution in [2.45, 2.75) is 25.7 Å². The van der Waals surface area contributed by atoms with Crippen LogP contribution in [-0.4, -0.2) is 31.8 Å².